The molecule has 19 heavy (non-hydrogen) atoms. The van der Waals surface area contributed by atoms with Gasteiger partial charge in [-0.25, -0.2) is 0 Å². The van der Waals surface area contributed by atoms with E-state index in [1.165, 1.54) is 38.5 Å². The van der Waals surface area contributed by atoms with Gasteiger partial charge in [-0.15, -0.1) is 0 Å². The summed E-state index contributed by atoms with van der Waals surface area (Å²) in [4.78, 5) is 12.8. The predicted octanol–water partition coefficient (Wildman–Crippen LogP) is 2.92. The molecule has 1 unspecified atom stereocenters. The van der Waals surface area contributed by atoms with Crippen LogP contribution in [0, 0.1) is 11.8 Å². The van der Waals surface area contributed by atoms with Crippen molar-refractivity contribution in [3.63, 3.8) is 0 Å². The maximum atomic E-state index is 12.3. The summed E-state index contributed by atoms with van der Waals surface area (Å²) in [6, 6.07) is -0.0790. The lowest BCUT2D eigenvalue weighted by Gasteiger charge is -2.32. The Bertz CT molecular complexity index is 320. The molecule has 0 aromatic heterocycles. The number of hydrogen-bond donors (Lipinski definition) is 2. The van der Waals surface area contributed by atoms with E-state index in [1.807, 2.05) is 0 Å². The fourth-order valence-corrected chi connectivity index (χ4v) is 3.78. The molecule has 3 nitrogen and oxygen atoms in total. The Morgan fingerprint density at radius 1 is 1.00 bits per heavy atom. The van der Waals surface area contributed by atoms with Crippen molar-refractivity contribution in [2.75, 3.05) is 0 Å². The second-order valence-corrected chi connectivity index (χ2v) is 6.59. The van der Waals surface area contributed by atoms with Gasteiger partial charge in [0.15, 0.2) is 0 Å². The van der Waals surface area contributed by atoms with Gasteiger partial charge in [-0.05, 0) is 31.6 Å². The molecule has 2 aliphatic rings. The smallest absolute Gasteiger partial charge is 0.223 e. The molecule has 0 aromatic rings. The van der Waals surface area contributed by atoms with E-state index >= 15 is 0 Å². The van der Waals surface area contributed by atoms with Gasteiger partial charge < -0.3 is 11.1 Å². The van der Waals surface area contributed by atoms with E-state index in [0.717, 1.165) is 25.7 Å². The Morgan fingerprint density at radius 3 is 2.05 bits per heavy atom. The minimum Gasteiger partial charge on any atom is -0.392 e. The SMILES string of the molecule is NC(=S)C(NC(=O)C1CCCCC1)C1CCCCC1. The van der Waals surface area contributed by atoms with E-state index in [0.29, 0.717) is 10.9 Å². The van der Waals surface area contributed by atoms with E-state index in [4.69, 9.17) is 18.0 Å². The Balaban J connectivity index is 1.91. The van der Waals surface area contributed by atoms with Crippen LogP contribution in [0.1, 0.15) is 64.2 Å². The molecule has 0 aromatic carbocycles. The lowest BCUT2D eigenvalue weighted by atomic mass is 9.83. The monoisotopic (exact) mass is 282 g/mol. The molecule has 0 heterocycles. The molecule has 2 fully saturated rings. The van der Waals surface area contributed by atoms with E-state index < -0.39 is 0 Å². The first-order valence-electron chi connectivity index (χ1n) is 7.78. The van der Waals surface area contributed by atoms with Crippen molar-refractivity contribution in [3.8, 4) is 0 Å². The first-order valence-corrected chi connectivity index (χ1v) is 8.19. The highest BCUT2D eigenvalue weighted by Gasteiger charge is 2.30. The van der Waals surface area contributed by atoms with Crippen molar-refractivity contribution >= 4 is 23.1 Å². The Kier molecular flexibility index (Phi) is 5.61. The summed E-state index contributed by atoms with van der Waals surface area (Å²) in [5.41, 5.74) is 5.86. The van der Waals surface area contributed by atoms with Crippen molar-refractivity contribution in [2.24, 2.45) is 17.6 Å². The largest absolute Gasteiger partial charge is 0.392 e. The molecule has 0 bridgehead atoms. The molecular formula is C15H26N2OS. The van der Waals surface area contributed by atoms with Gasteiger partial charge in [0.2, 0.25) is 5.91 Å². The lowest BCUT2D eigenvalue weighted by molar-refractivity contribution is -0.126. The number of amides is 1. The number of thiocarbonyl (C=S) groups is 1. The lowest BCUT2D eigenvalue weighted by Crippen LogP contribution is -2.50. The number of nitrogens with one attached hydrogen (secondary N) is 1. The summed E-state index contributed by atoms with van der Waals surface area (Å²) in [5.74, 6) is 0.830. The zero-order chi connectivity index (χ0) is 13.7. The van der Waals surface area contributed by atoms with Crippen LogP contribution in [0.3, 0.4) is 0 Å². The molecular weight excluding hydrogens is 256 g/mol. The van der Waals surface area contributed by atoms with E-state index in [9.17, 15) is 4.79 Å². The van der Waals surface area contributed by atoms with Crippen LogP contribution in [-0.4, -0.2) is 16.9 Å². The van der Waals surface area contributed by atoms with Crippen molar-refractivity contribution in [3.05, 3.63) is 0 Å². The van der Waals surface area contributed by atoms with Crippen LogP contribution in [0.25, 0.3) is 0 Å². The summed E-state index contributed by atoms with van der Waals surface area (Å²) in [6.45, 7) is 0. The van der Waals surface area contributed by atoms with Gasteiger partial charge in [-0.2, -0.15) is 0 Å². The van der Waals surface area contributed by atoms with Gasteiger partial charge in [0.05, 0.1) is 11.0 Å². The van der Waals surface area contributed by atoms with Crippen LogP contribution in [-0.2, 0) is 4.79 Å². The zero-order valence-corrected chi connectivity index (χ0v) is 12.5. The number of nitrogens with two attached hydrogens (primary N) is 1. The number of rotatable bonds is 4. The van der Waals surface area contributed by atoms with Crippen molar-refractivity contribution in [1.82, 2.24) is 5.32 Å². The molecule has 2 rings (SSSR count). The molecule has 0 spiro atoms. The van der Waals surface area contributed by atoms with Gasteiger partial charge in [-0.3, -0.25) is 4.79 Å². The molecule has 2 saturated carbocycles. The second kappa shape index (κ2) is 7.22. The zero-order valence-electron chi connectivity index (χ0n) is 11.7. The molecule has 3 N–H and O–H groups in total. The van der Waals surface area contributed by atoms with Crippen LogP contribution in [0.4, 0.5) is 0 Å². The van der Waals surface area contributed by atoms with Gasteiger partial charge in [0.1, 0.15) is 0 Å². The van der Waals surface area contributed by atoms with E-state index in [2.05, 4.69) is 5.32 Å². The molecule has 1 atom stereocenters. The van der Waals surface area contributed by atoms with Gasteiger partial charge in [0.25, 0.3) is 0 Å². The minimum atomic E-state index is -0.0790. The number of hydrogen-bond acceptors (Lipinski definition) is 2. The van der Waals surface area contributed by atoms with Gasteiger partial charge in [0, 0.05) is 5.92 Å². The summed E-state index contributed by atoms with van der Waals surface area (Å²) in [6.07, 6.45) is 11.8. The van der Waals surface area contributed by atoms with Crippen LogP contribution in [0.15, 0.2) is 0 Å². The molecule has 0 saturated heterocycles. The van der Waals surface area contributed by atoms with Gasteiger partial charge in [-0.1, -0.05) is 50.7 Å². The highest BCUT2D eigenvalue weighted by Crippen LogP contribution is 2.28. The quantitative estimate of drug-likeness (QED) is 0.780. The highest BCUT2D eigenvalue weighted by molar-refractivity contribution is 7.80. The average Bonchev–Trinajstić information content (AvgIpc) is 2.46. The third-order valence-corrected chi connectivity index (χ3v) is 4.96. The van der Waals surface area contributed by atoms with Crippen LogP contribution in [0.2, 0.25) is 0 Å². The van der Waals surface area contributed by atoms with Crippen LogP contribution >= 0.6 is 12.2 Å². The summed E-state index contributed by atoms with van der Waals surface area (Å²) >= 11 is 5.18. The summed E-state index contributed by atoms with van der Waals surface area (Å²) < 4.78 is 0. The number of carbonyl (C=O) groups excluding carboxylic acids is 1. The van der Waals surface area contributed by atoms with E-state index in [1.54, 1.807) is 0 Å². The van der Waals surface area contributed by atoms with Crippen molar-refractivity contribution in [1.29, 1.82) is 0 Å². The average molecular weight is 282 g/mol. The van der Waals surface area contributed by atoms with Crippen LogP contribution in [0.5, 0.6) is 0 Å². The molecule has 0 aliphatic heterocycles. The predicted molar refractivity (Wildman–Crippen MR) is 81.9 cm³/mol. The third kappa shape index (κ3) is 4.16. The Morgan fingerprint density at radius 2 is 1.53 bits per heavy atom. The standard InChI is InChI=1S/C15H26N2OS/c16-14(19)13(11-7-3-1-4-8-11)17-15(18)12-9-5-2-6-10-12/h11-13H,1-10H2,(H2,16,19)(H,17,18). The van der Waals surface area contributed by atoms with Crippen LogP contribution < -0.4 is 11.1 Å². The topological polar surface area (TPSA) is 55.1 Å². The fourth-order valence-electron chi connectivity index (χ4n) is 3.52. The molecule has 4 heteroatoms. The molecule has 108 valence electrons. The van der Waals surface area contributed by atoms with E-state index in [-0.39, 0.29) is 17.9 Å². The van der Waals surface area contributed by atoms with Crippen molar-refractivity contribution < 1.29 is 4.79 Å². The first kappa shape index (κ1) is 14.8. The minimum absolute atomic E-state index is 0.0790. The second-order valence-electron chi connectivity index (χ2n) is 6.12. The summed E-state index contributed by atoms with van der Waals surface area (Å²) in [7, 11) is 0. The summed E-state index contributed by atoms with van der Waals surface area (Å²) in [5, 5.41) is 3.15. The Hall–Kier alpha value is -0.640. The Labute approximate surface area is 121 Å². The number of carbonyl (C=O) groups is 1. The fraction of sp³-hybridized carbons (Fsp3) is 0.867. The van der Waals surface area contributed by atoms with Gasteiger partial charge >= 0.3 is 0 Å². The third-order valence-electron chi connectivity index (χ3n) is 4.70. The maximum absolute atomic E-state index is 12.3. The molecule has 0 radical (unpaired) electrons. The molecule has 1 amide bonds. The highest BCUT2D eigenvalue weighted by atomic mass is 32.1. The maximum Gasteiger partial charge on any atom is 0.223 e. The van der Waals surface area contributed by atoms with Crippen molar-refractivity contribution in [2.45, 2.75) is 70.3 Å². The normalized spacial score (nSPS) is 23.8. The first-order chi connectivity index (χ1) is 9.18. The molecule has 2 aliphatic carbocycles.